The van der Waals surface area contributed by atoms with Gasteiger partial charge in [-0.1, -0.05) is 0 Å². The molecule has 0 atom stereocenters. The molecule has 2 aliphatic heterocycles. The molecule has 160 valence electrons. The summed E-state index contributed by atoms with van der Waals surface area (Å²) in [6.07, 6.45) is 4.41. The number of rotatable bonds is 6. The van der Waals surface area contributed by atoms with Crippen LogP contribution in [0.5, 0.6) is 0 Å². The van der Waals surface area contributed by atoms with Crippen LogP contribution >= 0.6 is 11.3 Å². The Balaban J connectivity index is 1.27. The number of nitrogens with one attached hydrogen (secondary N) is 1. The van der Waals surface area contributed by atoms with Gasteiger partial charge in [-0.05, 0) is 38.7 Å². The number of fused-ring (bicyclic) bond motifs is 1. The average molecular weight is 430 g/mol. The maximum Gasteiger partial charge on any atom is 0.229 e. The fourth-order valence-electron chi connectivity index (χ4n) is 4.22. The van der Waals surface area contributed by atoms with Crippen LogP contribution in [-0.2, 0) is 14.4 Å². The van der Waals surface area contributed by atoms with Crippen molar-refractivity contribution in [1.29, 1.82) is 0 Å². The summed E-state index contributed by atoms with van der Waals surface area (Å²) in [6.45, 7) is 6.67. The molecule has 4 heterocycles. The molecular formula is C21H27N5O3S. The molecule has 3 amide bonds. The second kappa shape index (κ2) is 8.67. The van der Waals surface area contributed by atoms with E-state index in [0.29, 0.717) is 32.4 Å². The van der Waals surface area contributed by atoms with Crippen LogP contribution in [0.3, 0.4) is 0 Å². The number of imide groups is 1. The number of amides is 3. The van der Waals surface area contributed by atoms with E-state index in [1.54, 1.807) is 17.7 Å². The second-order valence-electron chi connectivity index (χ2n) is 8.01. The van der Waals surface area contributed by atoms with Crippen molar-refractivity contribution in [2.24, 2.45) is 5.92 Å². The van der Waals surface area contributed by atoms with Crippen molar-refractivity contribution in [3.8, 4) is 0 Å². The Kier molecular flexibility index (Phi) is 5.99. The van der Waals surface area contributed by atoms with Crippen LogP contribution in [0.2, 0.25) is 0 Å². The van der Waals surface area contributed by atoms with Gasteiger partial charge in [-0.15, -0.1) is 11.3 Å². The summed E-state index contributed by atoms with van der Waals surface area (Å²) in [5.74, 6) is 0.811. The van der Waals surface area contributed by atoms with E-state index in [-0.39, 0.29) is 23.6 Å². The monoisotopic (exact) mass is 429 g/mol. The number of hydrogen-bond acceptors (Lipinski definition) is 7. The standard InChI is InChI=1S/C21H27N5O3S/c1-13-14(2)30-21-18(13)19(23-12-24-21)25-10-6-15(7-11-25)20(29)22-8-3-9-26-16(27)4-5-17(26)28/h12,15H,3-11H2,1-2H3,(H,22,29). The predicted octanol–water partition coefficient (Wildman–Crippen LogP) is 2.18. The van der Waals surface area contributed by atoms with Gasteiger partial charge in [0.25, 0.3) is 0 Å². The van der Waals surface area contributed by atoms with Crippen LogP contribution in [0.1, 0.15) is 42.5 Å². The fraction of sp³-hybridized carbons (Fsp3) is 0.571. The number of likely N-dealkylation sites (tertiary alicyclic amines) is 1. The van der Waals surface area contributed by atoms with Gasteiger partial charge in [-0.25, -0.2) is 9.97 Å². The Morgan fingerprint density at radius 2 is 1.87 bits per heavy atom. The number of piperidine rings is 1. The summed E-state index contributed by atoms with van der Waals surface area (Å²) < 4.78 is 0. The largest absolute Gasteiger partial charge is 0.356 e. The first kappa shape index (κ1) is 20.7. The van der Waals surface area contributed by atoms with Gasteiger partial charge in [0.1, 0.15) is 17.0 Å². The lowest BCUT2D eigenvalue weighted by molar-refractivity contribution is -0.138. The van der Waals surface area contributed by atoms with Crippen LogP contribution in [-0.4, -0.2) is 58.8 Å². The van der Waals surface area contributed by atoms with Crippen LogP contribution < -0.4 is 10.2 Å². The minimum absolute atomic E-state index is 0.0149. The Hall–Kier alpha value is -2.55. The van der Waals surface area contributed by atoms with E-state index in [1.807, 2.05) is 0 Å². The van der Waals surface area contributed by atoms with E-state index < -0.39 is 0 Å². The van der Waals surface area contributed by atoms with Crippen molar-refractivity contribution in [3.63, 3.8) is 0 Å². The maximum absolute atomic E-state index is 12.5. The van der Waals surface area contributed by atoms with Gasteiger partial charge in [0.15, 0.2) is 0 Å². The number of nitrogens with zero attached hydrogens (tertiary/aromatic N) is 4. The second-order valence-corrected chi connectivity index (χ2v) is 9.21. The van der Waals surface area contributed by atoms with E-state index in [0.717, 1.165) is 42.0 Å². The first-order valence-electron chi connectivity index (χ1n) is 10.5. The highest BCUT2D eigenvalue weighted by Crippen LogP contribution is 2.35. The molecule has 2 aromatic rings. The van der Waals surface area contributed by atoms with Gasteiger partial charge >= 0.3 is 0 Å². The predicted molar refractivity (Wildman–Crippen MR) is 115 cm³/mol. The van der Waals surface area contributed by atoms with Crippen molar-refractivity contribution < 1.29 is 14.4 Å². The minimum Gasteiger partial charge on any atom is -0.356 e. The molecule has 0 unspecified atom stereocenters. The number of thiophene rings is 1. The van der Waals surface area contributed by atoms with E-state index in [2.05, 4.69) is 34.0 Å². The molecule has 2 fully saturated rings. The summed E-state index contributed by atoms with van der Waals surface area (Å²) in [6, 6.07) is 0. The molecule has 8 nitrogen and oxygen atoms in total. The summed E-state index contributed by atoms with van der Waals surface area (Å²) in [5.41, 5.74) is 1.24. The fourth-order valence-corrected chi connectivity index (χ4v) is 5.21. The van der Waals surface area contributed by atoms with Gasteiger partial charge in [-0.2, -0.15) is 0 Å². The highest BCUT2D eigenvalue weighted by molar-refractivity contribution is 7.18. The molecule has 2 aliphatic rings. The third kappa shape index (κ3) is 4.03. The van der Waals surface area contributed by atoms with Crippen molar-refractivity contribution in [1.82, 2.24) is 20.2 Å². The zero-order chi connectivity index (χ0) is 21.3. The van der Waals surface area contributed by atoms with Crippen LogP contribution in [0.15, 0.2) is 6.33 Å². The quantitative estimate of drug-likeness (QED) is 0.559. The summed E-state index contributed by atoms with van der Waals surface area (Å²) in [7, 11) is 0. The van der Waals surface area contributed by atoms with Gasteiger partial charge in [-0.3, -0.25) is 19.3 Å². The molecule has 0 saturated carbocycles. The molecule has 2 aromatic heterocycles. The zero-order valence-corrected chi connectivity index (χ0v) is 18.3. The Labute approximate surface area is 179 Å². The summed E-state index contributed by atoms with van der Waals surface area (Å²) >= 11 is 1.70. The molecule has 0 spiro atoms. The van der Waals surface area contributed by atoms with E-state index in [9.17, 15) is 14.4 Å². The third-order valence-electron chi connectivity index (χ3n) is 6.12. The molecule has 4 rings (SSSR count). The SMILES string of the molecule is Cc1sc2ncnc(N3CCC(C(=O)NCCCN4C(=O)CCC4=O)CC3)c2c1C. The Morgan fingerprint density at radius 3 is 2.57 bits per heavy atom. The van der Waals surface area contributed by atoms with E-state index in [1.165, 1.54) is 15.3 Å². The first-order valence-corrected chi connectivity index (χ1v) is 11.3. The van der Waals surface area contributed by atoms with Crippen molar-refractivity contribution >= 4 is 45.1 Å². The van der Waals surface area contributed by atoms with Gasteiger partial charge in [0, 0.05) is 49.8 Å². The molecule has 2 saturated heterocycles. The number of hydrogen-bond donors (Lipinski definition) is 1. The van der Waals surface area contributed by atoms with E-state index in [4.69, 9.17) is 0 Å². The third-order valence-corrected chi connectivity index (χ3v) is 7.24. The summed E-state index contributed by atoms with van der Waals surface area (Å²) in [4.78, 5) is 50.6. The molecule has 9 heteroatoms. The zero-order valence-electron chi connectivity index (χ0n) is 17.4. The van der Waals surface area contributed by atoms with Crippen molar-refractivity contribution in [3.05, 3.63) is 16.8 Å². The van der Waals surface area contributed by atoms with Gasteiger partial charge in [0.05, 0.1) is 5.39 Å². The van der Waals surface area contributed by atoms with Crippen LogP contribution in [0.4, 0.5) is 5.82 Å². The first-order chi connectivity index (χ1) is 14.5. The molecule has 30 heavy (non-hydrogen) atoms. The highest BCUT2D eigenvalue weighted by atomic mass is 32.1. The van der Waals surface area contributed by atoms with Gasteiger partial charge < -0.3 is 10.2 Å². The average Bonchev–Trinajstić information content (AvgIpc) is 3.23. The molecule has 0 aromatic carbocycles. The number of aryl methyl sites for hydroxylation is 2. The highest BCUT2D eigenvalue weighted by Gasteiger charge is 2.29. The molecule has 0 radical (unpaired) electrons. The summed E-state index contributed by atoms with van der Waals surface area (Å²) in [5, 5.41) is 4.11. The topological polar surface area (TPSA) is 95.5 Å². The molecule has 0 bridgehead atoms. The minimum atomic E-state index is -0.103. The normalized spacial score (nSPS) is 17.9. The smallest absolute Gasteiger partial charge is 0.229 e. The lowest BCUT2D eigenvalue weighted by atomic mass is 9.95. The lowest BCUT2D eigenvalue weighted by Crippen LogP contribution is -2.41. The molecule has 1 N–H and O–H groups in total. The number of aromatic nitrogens is 2. The maximum atomic E-state index is 12.5. The Bertz CT molecular complexity index is 964. The lowest BCUT2D eigenvalue weighted by Gasteiger charge is -2.32. The Morgan fingerprint density at radius 1 is 1.17 bits per heavy atom. The van der Waals surface area contributed by atoms with Crippen LogP contribution in [0, 0.1) is 19.8 Å². The van der Waals surface area contributed by atoms with Crippen LogP contribution in [0.25, 0.3) is 10.2 Å². The number of anilines is 1. The number of carbonyl (C=O) groups is 3. The molecular weight excluding hydrogens is 402 g/mol. The molecule has 0 aliphatic carbocycles. The van der Waals surface area contributed by atoms with E-state index >= 15 is 0 Å². The van der Waals surface area contributed by atoms with Gasteiger partial charge in [0.2, 0.25) is 17.7 Å². The number of carbonyl (C=O) groups excluding carboxylic acids is 3. The van der Waals surface area contributed by atoms with Crippen molar-refractivity contribution in [2.45, 2.75) is 46.0 Å². The van der Waals surface area contributed by atoms with Crippen molar-refractivity contribution in [2.75, 3.05) is 31.1 Å².